The molecule has 0 spiro atoms. The largest absolute Gasteiger partial charge is 0.384 e. The number of piperidine rings is 1. The van der Waals surface area contributed by atoms with Crippen LogP contribution in [-0.4, -0.2) is 57.0 Å². The Bertz CT molecular complexity index is 968. The highest BCUT2D eigenvalue weighted by atomic mass is 35.5. The number of rotatable bonds is 7. The Morgan fingerprint density at radius 1 is 1.35 bits per heavy atom. The Labute approximate surface area is 185 Å². The van der Waals surface area contributed by atoms with E-state index in [-0.39, 0.29) is 17.9 Å². The number of nitrogens with zero attached hydrogens (tertiary/aromatic N) is 3. The number of amides is 2. The second-order valence-corrected chi connectivity index (χ2v) is 7.61. The fourth-order valence-corrected chi connectivity index (χ4v) is 3.42. The van der Waals surface area contributed by atoms with Crippen LogP contribution in [0.25, 0.3) is 0 Å². The number of hydrogen-bond acceptors (Lipinski definition) is 7. The molecule has 0 unspecified atom stereocenters. The van der Waals surface area contributed by atoms with E-state index < -0.39 is 6.10 Å². The predicted octanol–water partition coefficient (Wildman–Crippen LogP) is 2.78. The average Bonchev–Trinajstić information content (AvgIpc) is 2.76. The van der Waals surface area contributed by atoms with E-state index in [1.165, 1.54) is 19.2 Å². The highest BCUT2D eigenvalue weighted by Crippen LogP contribution is 2.29. The maximum absolute atomic E-state index is 12.1. The van der Waals surface area contributed by atoms with Crippen LogP contribution < -0.4 is 16.0 Å². The van der Waals surface area contributed by atoms with E-state index in [4.69, 9.17) is 11.6 Å². The van der Waals surface area contributed by atoms with Crippen LogP contribution in [0.4, 0.5) is 23.1 Å². The molecule has 9 nitrogen and oxygen atoms in total. The van der Waals surface area contributed by atoms with Gasteiger partial charge >= 0.3 is 0 Å². The maximum Gasteiger partial charge on any atom is 0.251 e. The minimum absolute atomic E-state index is 0.0513. The summed E-state index contributed by atoms with van der Waals surface area (Å²) in [6, 6.07) is 7.08. The molecule has 0 saturated carbocycles. The predicted molar refractivity (Wildman–Crippen MR) is 120 cm³/mol. The maximum atomic E-state index is 12.1. The topological polar surface area (TPSA) is 119 Å². The van der Waals surface area contributed by atoms with Crippen LogP contribution >= 0.6 is 11.6 Å². The summed E-state index contributed by atoms with van der Waals surface area (Å²) in [6.45, 7) is 5.99. The first kappa shape index (κ1) is 22.5. The lowest BCUT2D eigenvalue weighted by Gasteiger charge is -2.33. The number of carbonyl (C=O) groups excluding carboxylic acids is 2. The summed E-state index contributed by atoms with van der Waals surface area (Å²) in [7, 11) is 0. The fraction of sp³-hybridized carbons (Fsp3) is 0.333. The zero-order valence-corrected chi connectivity index (χ0v) is 17.9. The van der Waals surface area contributed by atoms with Crippen molar-refractivity contribution in [2.45, 2.75) is 31.9 Å². The summed E-state index contributed by atoms with van der Waals surface area (Å²) in [6.07, 6.45) is 3.29. The summed E-state index contributed by atoms with van der Waals surface area (Å²) in [4.78, 5) is 34.1. The van der Waals surface area contributed by atoms with Crippen molar-refractivity contribution in [2.24, 2.45) is 0 Å². The smallest absolute Gasteiger partial charge is 0.251 e. The molecule has 4 N–H and O–H groups in total. The third-order valence-electron chi connectivity index (χ3n) is 4.79. The number of likely N-dealkylation sites (tertiary alicyclic amines) is 1. The van der Waals surface area contributed by atoms with Gasteiger partial charge in [0.1, 0.15) is 11.1 Å². The molecule has 164 valence electrons. The Morgan fingerprint density at radius 2 is 2.10 bits per heavy atom. The first-order valence-corrected chi connectivity index (χ1v) is 10.3. The zero-order valence-electron chi connectivity index (χ0n) is 17.1. The molecule has 0 radical (unpaired) electrons. The van der Waals surface area contributed by atoms with Gasteiger partial charge in [0.05, 0.1) is 17.6 Å². The van der Waals surface area contributed by atoms with Crippen molar-refractivity contribution < 1.29 is 14.7 Å². The van der Waals surface area contributed by atoms with Crippen molar-refractivity contribution >= 4 is 46.6 Å². The molecular weight excluding hydrogens is 420 g/mol. The Kier molecular flexibility index (Phi) is 7.43. The van der Waals surface area contributed by atoms with E-state index in [0.29, 0.717) is 41.3 Å². The van der Waals surface area contributed by atoms with Gasteiger partial charge in [-0.25, -0.2) is 4.98 Å². The molecule has 1 aromatic heterocycles. The minimum atomic E-state index is -1.03. The number of nitrogens with one attached hydrogen (secondary N) is 3. The number of para-hydroxylation sites is 2. The van der Waals surface area contributed by atoms with Crippen LogP contribution in [0.2, 0.25) is 5.02 Å². The number of anilines is 4. The standard InChI is InChI=1S/C21H25ClN6O3/c1-3-18(30)25-16-8-4-5-9-17(16)26-19-15(22)11-23-21(27-19)24-14-7-6-10-28(12-14)20(31)13(2)29/h3-5,8-9,11,13-14,29H,1,6-7,10,12H2,2H3,(H,25,30)(H2,23,24,26,27)/t13-,14+/m1/s1. The van der Waals surface area contributed by atoms with Crippen LogP contribution in [0.3, 0.4) is 0 Å². The molecule has 2 atom stereocenters. The van der Waals surface area contributed by atoms with Crippen LogP contribution in [0.5, 0.6) is 0 Å². The second-order valence-electron chi connectivity index (χ2n) is 7.20. The van der Waals surface area contributed by atoms with Gasteiger partial charge in [-0.1, -0.05) is 30.3 Å². The highest BCUT2D eigenvalue weighted by molar-refractivity contribution is 6.33. The molecule has 2 aromatic rings. The SMILES string of the molecule is C=CC(=O)Nc1ccccc1Nc1nc(N[C@H]2CCCN(C(=O)[C@@H](C)O)C2)ncc1Cl. The summed E-state index contributed by atoms with van der Waals surface area (Å²) in [5, 5.41) is 18.9. The van der Waals surface area contributed by atoms with E-state index in [1.54, 1.807) is 23.1 Å². The fourth-order valence-electron chi connectivity index (χ4n) is 3.28. The van der Waals surface area contributed by atoms with Crippen molar-refractivity contribution in [1.29, 1.82) is 0 Å². The molecule has 1 aliphatic heterocycles. The van der Waals surface area contributed by atoms with Gasteiger partial charge in [-0.3, -0.25) is 9.59 Å². The Morgan fingerprint density at radius 3 is 2.81 bits per heavy atom. The van der Waals surface area contributed by atoms with Gasteiger partial charge in [0.2, 0.25) is 11.9 Å². The number of aliphatic hydroxyl groups is 1. The van der Waals surface area contributed by atoms with Crippen LogP contribution in [0.15, 0.2) is 43.1 Å². The monoisotopic (exact) mass is 444 g/mol. The summed E-state index contributed by atoms with van der Waals surface area (Å²) in [5.41, 5.74) is 1.16. The average molecular weight is 445 g/mol. The number of benzene rings is 1. The molecule has 1 fully saturated rings. The zero-order chi connectivity index (χ0) is 22.4. The number of halogens is 1. The number of aliphatic hydroxyl groups excluding tert-OH is 1. The van der Waals surface area contributed by atoms with Crippen molar-refractivity contribution in [3.05, 3.63) is 48.1 Å². The van der Waals surface area contributed by atoms with Gasteiger partial charge in [-0.15, -0.1) is 0 Å². The second kappa shape index (κ2) is 10.2. The van der Waals surface area contributed by atoms with Gasteiger partial charge in [-0.2, -0.15) is 4.98 Å². The molecule has 2 heterocycles. The number of aromatic nitrogens is 2. The van der Waals surface area contributed by atoms with Gasteiger partial charge in [0, 0.05) is 19.1 Å². The Hall–Kier alpha value is -3.17. The third kappa shape index (κ3) is 5.93. The number of hydrogen-bond donors (Lipinski definition) is 4. The van der Waals surface area contributed by atoms with Crippen molar-refractivity contribution in [3.8, 4) is 0 Å². The molecule has 31 heavy (non-hydrogen) atoms. The minimum Gasteiger partial charge on any atom is -0.384 e. The van der Waals surface area contributed by atoms with Crippen molar-refractivity contribution in [1.82, 2.24) is 14.9 Å². The van der Waals surface area contributed by atoms with Crippen LogP contribution in [0.1, 0.15) is 19.8 Å². The molecule has 10 heteroatoms. The van der Waals surface area contributed by atoms with E-state index >= 15 is 0 Å². The van der Waals surface area contributed by atoms with E-state index in [2.05, 4.69) is 32.5 Å². The molecule has 1 aliphatic rings. The van der Waals surface area contributed by atoms with E-state index in [1.807, 2.05) is 6.07 Å². The molecule has 1 saturated heterocycles. The van der Waals surface area contributed by atoms with Gasteiger partial charge in [0.25, 0.3) is 5.91 Å². The molecule has 2 amide bonds. The van der Waals surface area contributed by atoms with Crippen LogP contribution in [0, 0.1) is 0 Å². The molecule has 1 aromatic carbocycles. The number of carbonyl (C=O) groups is 2. The van der Waals surface area contributed by atoms with Gasteiger partial charge < -0.3 is 26.0 Å². The molecule has 3 rings (SSSR count). The third-order valence-corrected chi connectivity index (χ3v) is 5.07. The summed E-state index contributed by atoms with van der Waals surface area (Å²) >= 11 is 6.27. The summed E-state index contributed by atoms with van der Waals surface area (Å²) < 4.78 is 0. The lowest BCUT2D eigenvalue weighted by molar-refractivity contribution is -0.140. The first-order chi connectivity index (χ1) is 14.9. The van der Waals surface area contributed by atoms with E-state index in [9.17, 15) is 14.7 Å². The molecule has 0 bridgehead atoms. The van der Waals surface area contributed by atoms with Crippen molar-refractivity contribution in [3.63, 3.8) is 0 Å². The highest BCUT2D eigenvalue weighted by Gasteiger charge is 2.26. The first-order valence-electron chi connectivity index (χ1n) is 9.92. The molecule has 0 aliphatic carbocycles. The van der Waals surface area contributed by atoms with Crippen LogP contribution in [-0.2, 0) is 9.59 Å². The van der Waals surface area contributed by atoms with E-state index in [0.717, 1.165) is 12.8 Å². The molecular formula is C21H25ClN6O3. The van der Waals surface area contributed by atoms with Gasteiger partial charge in [0.15, 0.2) is 5.82 Å². The van der Waals surface area contributed by atoms with Crippen molar-refractivity contribution in [2.75, 3.05) is 29.0 Å². The lowest BCUT2D eigenvalue weighted by Crippen LogP contribution is -2.48. The van der Waals surface area contributed by atoms with Gasteiger partial charge in [-0.05, 0) is 38.0 Å². The lowest BCUT2D eigenvalue weighted by atomic mass is 10.1. The normalized spacial score (nSPS) is 16.9. The quantitative estimate of drug-likeness (QED) is 0.485. The Balaban J connectivity index is 1.73. The summed E-state index contributed by atoms with van der Waals surface area (Å²) in [5.74, 6) is 0.103.